The van der Waals surface area contributed by atoms with Crippen molar-refractivity contribution in [1.82, 2.24) is 0 Å². The molecule has 2 aromatic carbocycles. The number of fused-ring (bicyclic) bond motifs is 2. The third-order valence-corrected chi connectivity index (χ3v) is 8.10. The number of nitrogens with zero attached hydrogens (tertiary/aromatic N) is 1. The zero-order chi connectivity index (χ0) is 22.9. The van der Waals surface area contributed by atoms with Crippen LogP contribution < -0.4 is 10.2 Å². The van der Waals surface area contributed by atoms with Crippen molar-refractivity contribution < 1.29 is 9.59 Å². The Hall–Kier alpha value is -2.93. The van der Waals surface area contributed by atoms with Gasteiger partial charge in [0, 0.05) is 27.5 Å². The number of nitrogens with one attached hydrogen (secondary N) is 1. The summed E-state index contributed by atoms with van der Waals surface area (Å²) in [6.45, 7) is 2.51. The fourth-order valence-electron chi connectivity index (χ4n) is 4.05. The number of anilines is 2. The SMILES string of the molecule is Cc1ccsc1CC(=O)Nc1ccc(C(=O)N2Cc3sccc3Cc3ccccc32)c(Cl)c1. The van der Waals surface area contributed by atoms with E-state index in [0.717, 1.165) is 28.1 Å². The van der Waals surface area contributed by atoms with Crippen LogP contribution in [-0.2, 0) is 24.2 Å². The maximum Gasteiger partial charge on any atom is 0.260 e. The molecule has 3 heterocycles. The smallest absolute Gasteiger partial charge is 0.260 e. The Morgan fingerprint density at radius 1 is 1.03 bits per heavy atom. The van der Waals surface area contributed by atoms with Crippen LogP contribution in [0.5, 0.6) is 0 Å². The maximum atomic E-state index is 13.6. The van der Waals surface area contributed by atoms with Gasteiger partial charge in [0.1, 0.15) is 0 Å². The van der Waals surface area contributed by atoms with E-state index in [9.17, 15) is 9.59 Å². The van der Waals surface area contributed by atoms with Gasteiger partial charge in [-0.05, 0) is 70.8 Å². The summed E-state index contributed by atoms with van der Waals surface area (Å²) in [5.41, 5.74) is 5.39. The molecule has 0 saturated carbocycles. The molecule has 1 N–H and O–H groups in total. The number of hydrogen-bond donors (Lipinski definition) is 1. The van der Waals surface area contributed by atoms with Gasteiger partial charge in [0.05, 0.1) is 23.6 Å². The van der Waals surface area contributed by atoms with Crippen LogP contribution in [0.1, 0.15) is 36.8 Å². The highest BCUT2D eigenvalue weighted by atomic mass is 35.5. The zero-order valence-corrected chi connectivity index (χ0v) is 20.3. The number of halogens is 1. The second kappa shape index (κ2) is 9.14. The summed E-state index contributed by atoms with van der Waals surface area (Å²) in [6.07, 6.45) is 1.12. The molecule has 7 heteroatoms. The molecule has 5 rings (SSSR count). The number of aryl methyl sites for hydroxylation is 1. The molecule has 0 fully saturated rings. The minimum absolute atomic E-state index is 0.109. The van der Waals surface area contributed by atoms with Crippen LogP contribution in [0.3, 0.4) is 0 Å². The van der Waals surface area contributed by atoms with Crippen molar-refractivity contribution in [3.05, 3.63) is 102 Å². The van der Waals surface area contributed by atoms with Crippen molar-refractivity contribution in [2.45, 2.75) is 26.3 Å². The summed E-state index contributed by atoms with van der Waals surface area (Å²) in [4.78, 5) is 30.1. The van der Waals surface area contributed by atoms with Gasteiger partial charge in [-0.2, -0.15) is 0 Å². The van der Waals surface area contributed by atoms with Crippen LogP contribution in [0, 0.1) is 6.92 Å². The van der Waals surface area contributed by atoms with Crippen LogP contribution in [-0.4, -0.2) is 11.8 Å². The molecule has 4 aromatic rings. The molecule has 33 heavy (non-hydrogen) atoms. The zero-order valence-electron chi connectivity index (χ0n) is 17.9. The van der Waals surface area contributed by atoms with E-state index in [4.69, 9.17) is 11.6 Å². The van der Waals surface area contributed by atoms with Crippen molar-refractivity contribution in [1.29, 1.82) is 0 Å². The second-order valence-electron chi connectivity index (χ2n) is 8.01. The van der Waals surface area contributed by atoms with Gasteiger partial charge in [-0.15, -0.1) is 22.7 Å². The minimum atomic E-state index is -0.152. The lowest BCUT2D eigenvalue weighted by atomic mass is 10.1. The first kappa shape index (κ1) is 21.9. The number of thiophene rings is 2. The lowest BCUT2D eigenvalue weighted by molar-refractivity contribution is -0.115. The van der Waals surface area contributed by atoms with Crippen molar-refractivity contribution in [2.75, 3.05) is 10.2 Å². The van der Waals surface area contributed by atoms with Gasteiger partial charge in [0.25, 0.3) is 5.91 Å². The number of amides is 2. The molecule has 1 aliphatic heterocycles. The van der Waals surface area contributed by atoms with Crippen molar-refractivity contribution in [2.24, 2.45) is 0 Å². The largest absolute Gasteiger partial charge is 0.326 e. The van der Waals surface area contributed by atoms with Crippen LogP contribution in [0.15, 0.2) is 65.4 Å². The highest BCUT2D eigenvalue weighted by molar-refractivity contribution is 7.10. The van der Waals surface area contributed by atoms with Gasteiger partial charge in [-0.1, -0.05) is 29.8 Å². The summed E-state index contributed by atoms with van der Waals surface area (Å²) >= 11 is 9.79. The minimum Gasteiger partial charge on any atom is -0.326 e. The van der Waals surface area contributed by atoms with Crippen LogP contribution in [0.2, 0.25) is 5.02 Å². The molecule has 0 saturated heterocycles. The summed E-state index contributed by atoms with van der Waals surface area (Å²) in [5, 5.41) is 7.26. The molecule has 0 unspecified atom stereocenters. The average molecular weight is 493 g/mol. The summed E-state index contributed by atoms with van der Waals surface area (Å²) in [5.74, 6) is -0.261. The van der Waals surface area contributed by atoms with E-state index < -0.39 is 0 Å². The van der Waals surface area contributed by atoms with E-state index >= 15 is 0 Å². The molecule has 0 spiro atoms. The summed E-state index contributed by atoms with van der Waals surface area (Å²) in [7, 11) is 0. The van der Waals surface area contributed by atoms with Crippen LogP contribution in [0.4, 0.5) is 11.4 Å². The van der Waals surface area contributed by atoms with Gasteiger partial charge in [0.15, 0.2) is 0 Å². The second-order valence-corrected chi connectivity index (χ2v) is 10.4. The highest BCUT2D eigenvalue weighted by Gasteiger charge is 2.27. The number of rotatable bonds is 4. The number of hydrogen-bond acceptors (Lipinski definition) is 4. The molecule has 0 aliphatic carbocycles. The van der Waals surface area contributed by atoms with Crippen molar-refractivity contribution in [3.8, 4) is 0 Å². The fourth-order valence-corrected chi connectivity index (χ4v) is 6.11. The van der Waals surface area contributed by atoms with Crippen LogP contribution >= 0.6 is 34.3 Å². The van der Waals surface area contributed by atoms with Crippen molar-refractivity contribution in [3.63, 3.8) is 0 Å². The third kappa shape index (κ3) is 4.47. The van der Waals surface area contributed by atoms with Crippen LogP contribution in [0.25, 0.3) is 0 Å². The van der Waals surface area contributed by atoms with E-state index in [2.05, 4.69) is 22.8 Å². The molecule has 4 nitrogen and oxygen atoms in total. The highest BCUT2D eigenvalue weighted by Crippen LogP contribution is 2.35. The molecule has 0 bridgehead atoms. The standard InChI is InChI=1S/C26H21ClN2O2S2/c1-16-8-10-32-23(16)14-25(30)28-19-6-7-20(21(27)13-19)26(31)29-15-24-18(9-11-33-24)12-17-4-2-3-5-22(17)29/h2-11,13H,12,14-15H2,1H3,(H,28,30). The first-order valence-electron chi connectivity index (χ1n) is 10.6. The molecule has 0 radical (unpaired) electrons. The van der Waals surface area contributed by atoms with Gasteiger partial charge in [-0.3, -0.25) is 9.59 Å². The van der Waals surface area contributed by atoms with Gasteiger partial charge < -0.3 is 10.2 Å². The summed E-state index contributed by atoms with van der Waals surface area (Å²) in [6, 6.07) is 17.2. The molecule has 1 aliphatic rings. The predicted octanol–water partition coefficient (Wildman–Crippen LogP) is 6.70. The quantitative estimate of drug-likeness (QED) is 0.344. The molecular weight excluding hydrogens is 472 g/mol. The lowest BCUT2D eigenvalue weighted by Crippen LogP contribution is -2.30. The van der Waals surface area contributed by atoms with E-state index in [1.54, 1.807) is 45.8 Å². The van der Waals surface area contributed by atoms with E-state index in [1.807, 2.05) is 36.6 Å². The Kier molecular flexibility index (Phi) is 6.06. The van der Waals surface area contributed by atoms with E-state index in [-0.39, 0.29) is 11.8 Å². The first-order valence-corrected chi connectivity index (χ1v) is 12.7. The fraction of sp³-hybridized carbons (Fsp3) is 0.154. The number of para-hydroxylation sites is 1. The number of benzene rings is 2. The maximum absolute atomic E-state index is 13.6. The van der Waals surface area contributed by atoms with E-state index in [1.165, 1.54) is 10.4 Å². The van der Waals surface area contributed by atoms with Gasteiger partial charge in [-0.25, -0.2) is 0 Å². The third-order valence-electron chi connectivity index (χ3n) is 5.82. The Morgan fingerprint density at radius 3 is 2.64 bits per heavy atom. The van der Waals surface area contributed by atoms with Gasteiger partial charge >= 0.3 is 0 Å². The first-order chi connectivity index (χ1) is 16.0. The molecule has 166 valence electrons. The Bertz CT molecular complexity index is 1360. The Labute approximate surface area is 205 Å². The summed E-state index contributed by atoms with van der Waals surface area (Å²) < 4.78 is 0. The monoisotopic (exact) mass is 492 g/mol. The Morgan fingerprint density at radius 2 is 1.85 bits per heavy atom. The molecule has 2 aromatic heterocycles. The number of carbonyl (C=O) groups is 2. The average Bonchev–Trinajstić information content (AvgIpc) is 3.37. The van der Waals surface area contributed by atoms with Crippen molar-refractivity contribution >= 4 is 57.5 Å². The topological polar surface area (TPSA) is 49.4 Å². The molecule has 0 atom stereocenters. The lowest BCUT2D eigenvalue weighted by Gasteiger charge is -2.23. The van der Waals surface area contributed by atoms with Gasteiger partial charge in [0.2, 0.25) is 5.91 Å². The number of carbonyl (C=O) groups excluding carboxylic acids is 2. The normalized spacial score (nSPS) is 12.6. The molecular formula is C26H21ClN2O2S2. The predicted molar refractivity (Wildman–Crippen MR) is 137 cm³/mol. The Balaban J connectivity index is 1.39. The molecule has 2 amide bonds. The van der Waals surface area contributed by atoms with E-state index in [0.29, 0.717) is 29.2 Å².